The fraction of sp³-hybridized carbons (Fsp3) is 0.550. The van der Waals surface area contributed by atoms with E-state index in [-0.39, 0.29) is 23.8 Å². The van der Waals surface area contributed by atoms with Crippen molar-refractivity contribution < 1.29 is 13.9 Å². The molecule has 6 nitrogen and oxygen atoms in total. The second-order valence-electron chi connectivity index (χ2n) is 7.39. The predicted molar refractivity (Wildman–Crippen MR) is 98.5 cm³/mol. The summed E-state index contributed by atoms with van der Waals surface area (Å²) in [6.45, 7) is 9.44. The summed E-state index contributed by atoms with van der Waals surface area (Å²) in [5, 5.41) is 8.30. The Morgan fingerprint density at radius 2 is 1.77 bits per heavy atom. The lowest BCUT2D eigenvalue weighted by atomic mass is 9.96. The number of rotatable bonds is 5. The first-order valence-corrected chi connectivity index (χ1v) is 9.33. The van der Waals surface area contributed by atoms with Crippen LogP contribution in [0.25, 0.3) is 0 Å². The molecule has 1 aliphatic heterocycles. The Morgan fingerprint density at radius 1 is 1.12 bits per heavy atom. The minimum absolute atomic E-state index is 0.0629. The van der Waals surface area contributed by atoms with E-state index in [1.54, 1.807) is 0 Å². The second-order valence-corrected chi connectivity index (χ2v) is 7.39. The zero-order chi connectivity index (χ0) is 18.7. The lowest BCUT2D eigenvalue weighted by Gasteiger charge is -2.30. The molecule has 2 aromatic rings. The van der Waals surface area contributed by atoms with Crippen molar-refractivity contribution >= 4 is 5.91 Å². The molecule has 0 aliphatic carbocycles. The first-order chi connectivity index (χ1) is 12.4. The highest BCUT2D eigenvalue weighted by molar-refractivity contribution is 5.94. The normalized spacial score (nSPS) is 15.7. The largest absolute Gasteiger partial charge is 0.491 e. The van der Waals surface area contributed by atoms with Gasteiger partial charge in [-0.2, -0.15) is 0 Å². The summed E-state index contributed by atoms with van der Waals surface area (Å²) in [7, 11) is 0. The van der Waals surface area contributed by atoms with Gasteiger partial charge in [0, 0.05) is 30.5 Å². The van der Waals surface area contributed by atoms with Crippen molar-refractivity contribution in [3.63, 3.8) is 0 Å². The van der Waals surface area contributed by atoms with E-state index in [0.29, 0.717) is 30.4 Å². The maximum atomic E-state index is 12.7. The van der Waals surface area contributed by atoms with Crippen molar-refractivity contribution in [3.8, 4) is 5.75 Å². The van der Waals surface area contributed by atoms with Gasteiger partial charge in [0.25, 0.3) is 5.91 Å². The SMILES string of the molecule is CC(C)Oc1ccc(C(=O)N2CCC(c3nnc(C(C)C)o3)CC2)cc1. The third-order valence-corrected chi connectivity index (χ3v) is 4.55. The van der Waals surface area contributed by atoms with Crippen LogP contribution in [0.2, 0.25) is 0 Å². The Labute approximate surface area is 154 Å². The molecule has 3 rings (SSSR count). The van der Waals surface area contributed by atoms with Gasteiger partial charge in [-0.3, -0.25) is 4.79 Å². The van der Waals surface area contributed by atoms with Crippen molar-refractivity contribution in [1.29, 1.82) is 0 Å². The monoisotopic (exact) mass is 357 g/mol. The van der Waals surface area contributed by atoms with Crippen LogP contribution >= 0.6 is 0 Å². The lowest BCUT2D eigenvalue weighted by molar-refractivity contribution is 0.0706. The molecular formula is C20H27N3O3. The first-order valence-electron chi connectivity index (χ1n) is 9.33. The summed E-state index contributed by atoms with van der Waals surface area (Å²) < 4.78 is 11.4. The van der Waals surface area contributed by atoms with Crippen LogP contribution in [0.15, 0.2) is 28.7 Å². The highest BCUT2D eigenvalue weighted by Crippen LogP contribution is 2.29. The van der Waals surface area contributed by atoms with Crippen LogP contribution in [0, 0.1) is 0 Å². The topological polar surface area (TPSA) is 68.5 Å². The average molecular weight is 357 g/mol. The molecule has 1 fully saturated rings. The second kappa shape index (κ2) is 7.89. The predicted octanol–water partition coefficient (Wildman–Crippen LogP) is 4.00. The van der Waals surface area contributed by atoms with Crippen LogP contribution in [0.5, 0.6) is 5.75 Å². The fourth-order valence-corrected chi connectivity index (χ4v) is 3.11. The number of ether oxygens (including phenoxy) is 1. The van der Waals surface area contributed by atoms with Crippen LogP contribution in [0.3, 0.4) is 0 Å². The highest BCUT2D eigenvalue weighted by atomic mass is 16.5. The standard InChI is InChI=1S/C20H27N3O3/c1-13(2)18-21-22-19(26-18)15-9-11-23(12-10-15)20(24)16-5-7-17(8-6-16)25-14(3)4/h5-8,13-15H,9-12H2,1-4H3. The van der Waals surface area contributed by atoms with Gasteiger partial charge in [-0.1, -0.05) is 13.8 Å². The average Bonchev–Trinajstić information content (AvgIpc) is 3.12. The van der Waals surface area contributed by atoms with E-state index < -0.39 is 0 Å². The number of hydrogen-bond acceptors (Lipinski definition) is 5. The van der Waals surface area contributed by atoms with Crippen molar-refractivity contribution in [2.45, 2.75) is 58.5 Å². The van der Waals surface area contributed by atoms with E-state index in [1.807, 2.05) is 56.9 Å². The van der Waals surface area contributed by atoms with Gasteiger partial charge in [-0.05, 0) is 51.0 Å². The van der Waals surface area contributed by atoms with E-state index in [2.05, 4.69) is 10.2 Å². The molecule has 0 bridgehead atoms. The molecule has 0 unspecified atom stereocenters. The third kappa shape index (κ3) is 4.23. The summed E-state index contributed by atoms with van der Waals surface area (Å²) in [6.07, 6.45) is 1.82. The van der Waals surface area contributed by atoms with Gasteiger partial charge in [0.1, 0.15) is 5.75 Å². The summed E-state index contributed by atoms with van der Waals surface area (Å²) in [4.78, 5) is 14.6. The number of hydrogen-bond donors (Lipinski definition) is 0. The van der Waals surface area contributed by atoms with Crippen molar-refractivity contribution in [2.24, 2.45) is 0 Å². The van der Waals surface area contributed by atoms with Gasteiger partial charge < -0.3 is 14.1 Å². The Bertz CT molecular complexity index is 729. The Morgan fingerprint density at radius 3 is 2.31 bits per heavy atom. The molecule has 0 N–H and O–H groups in total. The van der Waals surface area contributed by atoms with Crippen LogP contribution in [0.1, 0.15) is 74.5 Å². The molecular weight excluding hydrogens is 330 g/mol. The maximum absolute atomic E-state index is 12.7. The lowest BCUT2D eigenvalue weighted by Crippen LogP contribution is -2.38. The molecule has 6 heteroatoms. The van der Waals surface area contributed by atoms with Gasteiger partial charge in [-0.25, -0.2) is 0 Å². The number of amides is 1. The Kier molecular flexibility index (Phi) is 5.59. The smallest absolute Gasteiger partial charge is 0.253 e. The molecule has 0 radical (unpaired) electrons. The molecule has 2 heterocycles. The maximum Gasteiger partial charge on any atom is 0.253 e. The van der Waals surface area contributed by atoms with Crippen molar-refractivity contribution in [3.05, 3.63) is 41.6 Å². The number of aromatic nitrogens is 2. The van der Waals surface area contributed by atoms with E-state index in [1.165, 1.54) is 0 Å². The minimum atomic E-state index is 0.0629. The van der Waals surface area contributed by atoms with Gasteiger partial charge in [0.15, 0.2) is 0 Å². The van der Waals surface area contributed by atoms with Crippen molar-refractivity contribution in [1.82, 2.24) is 15.1 Å². The molecule has 1 saturated heterocycles. The molecule has 0 atom stereocenters. The molecule has 1 amide bonds. The highest BCUT2D eigenvalue weighted by Gasteiger charge is 2.28. The zero-order valence-electron chi connectivity index (χ0n) is 15.9. The summed E-state index contributed by atoms with van der Waals surface area (Å²) in [5.74, 6) is 2.71. The number of nitrogens with zero attached hydrogens (tertiary/aromatic N) is 3. The van der Waals surface area contributed by atoms with Crippen LogP contribution in [0.4, 0.5) is 0 Å². The minimum Gasteiger partial charge on any atom is -0.491 e. The van der Waals surface area contributed by atoms with Gasteiger partial charge in [-0.15, -0.1) is 10.2 Å². The van der Waals surface area contributed by atoms with Gasteiger partial charge in [0.2, 0.25) is 11.8 Å². The number of carbonyl (C=O) groups excluding carboxylic acids is 1. The molecule has 140 valence electrons. The Hall–Kier alpha value is -2.37. The molecule has 26 heavy (non-hydrogen) atoms. The molecule has 0 saturated carbocycles. The quantitative estimate of drug-likeness (QED) is 0.809. The molecule has 0 spiro atoms. The number of likely N-dealkylation sites (tertiary alicyclic amines) is 1. The summed E-state index contributed by atoms with van der Waals surface area (Å²) in [5.41, 5.74) is 0.694. The van der Waals surface area contributed by atoms with Gasteiger partial charge >= 0.3 is 0 Å². The van der Waals surface area contributed by atoms with Gasteiger partial charge in [0.05, 0.1) is 6.10 Å². The number of piperidine rings is 1. The van der Waals surface area contributed by atoms with E-state index in [4.69, 9.17) is 9.15 Å². The molecule has 1 aromatic carbocycles. The molecule has 1 aromatic heterocycles. The van der Waals surface area contributed by atoms with E-state index in [0.717, 1.165) is 18.6 Å². The van der Waals surface area contributed by atoms with Crippen molar-refractivity contribution in [2.75, 3.05) is 13.1 Å². The zero-order valence-corrected chi connectivity index (χ0v) is 15.9. The third-order valence-electron chi connectivity index (χ3n) is 4.55. The number of carbonyl (C=O) groups is 1. The van der Waals surface area contributed by atoms with E-state index in [9.17, 15) is 4.79 Å². The summed E-state index contributed by atoms with van der Waals surface area (Å²) in [6, 6.07) is 7.37. The van der Waals surface area contributed by atoms with Crippen LogP contribution in [-0.4, -0.2) is 40.2 Å². The van der Waals surface area contributed by atoms with Crippen LogP contribution < -0.4 is 4.74 Å². The Balaban J connectivity index is 1.57. The van der Waals surface area contributed by atoms with Crippen LogP contribution in [-0.2, 0) is 0 Å². The molecule has 1 aliphatic rings. The van der Waals surface area contributed by atoms with E-state index >= 15 is 0 Å². The first kappa shape index (κ1) is 18.4. The summed E-state index contributed by atoms with van der Waals surface area (Å²) >= 11 is 0. The fourth-order valence-electron chi connectivity index (χ4n) is 3.11. The number of benzene rings is 1.